The molecule has 0 spiro atoms. The van der Waals surface area contributed by atoms with Crippen LogP contribution in [0.5, 0.6) is 0 Å². The van der Waals surface area contributed by atoms with Gasteiger partial charge in [-0.1, -0.05) is 27.2 Å². The van der Waals surface area contributed by atoms with Crippen LogP contribution in [-0.4, -0.2) is 51.1 Å². The van der Waals surface area contributed by atoms with Crippen molar-refractivity contribution >= 4 is 22.8 Å². The monoisotopic (exact) mass is 413 g/mol. The Labute approximate surface area is 179 Å². The van der Waals surface area contributed by atoms with E-state index in [1.165, 1.54) is 0 Å². The molecule has 0 bridgehead atoms. The number of likely N-dealkylation sites (tertiary alicyclic amines) is 1. The minimum Gasteiger partial charge on any atom is -0.356 e. The highest BCUT2D eigenvalue weighted by atomic mass is 16.2. The summed E-state index contributed by atoms with van der Waals surface area (Å²) in [4.78, 5) is 32.7. The van der Waals surface area contributed by atoms with Crippen molar-refractivity contribution in [2.45, 2.75) is 72.3 Å². The molecule has 2 aromatic rings. The third kappa shape index (κ3) is 4.65. The molecule has 1 fully saturated rings. The number of rotatable bonds is 7. The zero-order valence-corrected chi connectivity index (χ0v) is 18.9. The summed E-state index contributed by atoms with van der Waals surface area (Å²) >= 11 is 0. The lowest BCUT2D eigenvalue weighted by atomic mass is 9.96. The lowest BCUT2D eigenvalue weighted by Gasteiger charge is -2.32. The van der Waals surface area contributed by atoms with Crippen LogP contribution in [0.3, 0.4) is 0 Å². The highest BCUT2D eigenvalue weighted by Crippen LogP contribution is 2.27. The normalized spacial score (nSPS) is 17.2. The molecule has 1 unspecified atom stereocenters. The Morgan fingerprint density at radius 2 is 2.03 bits per heavy atom. The number of unbranched alkanes of at least 4 members (excludes halogenated alkanes) is 1. The maximum atomic E-state index is 13.5. The Bertz CT molecular complexity index is 902. The third-order valence-electron chi connectivity index (χ3n) is 5.81. The van der Waals surface area contributed by atoms with E-state index in [1.54, 1.807) is 6.20 Å². The number of fused-ring (bicyclic) bond motifs is 1. The summed E-state index contributed by atoms with van der Waals surface area (Å²) in [5.41, 5.74) is 2.28. The second-order valence-electron chi connectivity index (χ2n) is 8.90. The number of carbonyl (C=O) groups is 2. The molecule has 164 valence electrons. The molecule has 3 rings (SSSR count). The molecule has 2 aromatic heterocycles. The first-order chi connectivity index (χ1) is 14.3. The number of hydrogen-bond acceptors (Lipinski definition) is 4. The Hall–Kier alpha value is -2.44. The SMILES string of the molecule is CCCCNC(=O)C1CCCN(C(=O)c2cc(C(C)C)nc3c2cnn3C(C)C)C1. The van der Waals surface area contributed by atoms with E-state index < -0.39 is 0 Å². The van der Waals surface area contributed by atoms with Crippen LogP contribution >= 0.6 is 0 Å². The summed E-state index contributed by atoms with van der Waals surface area (Å²) in [5, 5.41) is 8.29. The highest BCUT2D eigenvalue weighted by Gasteiger charge is 2.30. The standard InChI is InChI=1S/C23H35N5O2/c1-6-7-10-24-22(29)17-9-8-11-27(14-17)23(30)18-12-20(15(2)3)26-21-19(18)13-25-28(21)16(4)5/h12-13,15-17H,6-11,14H2,1-5H3,(H,24,29). The lowest BCUT2D eigenvalue weighted by molar-refractivity contribution is -0.126. The van der Waals surface area contributed by atoms with Crippen LogP contribution in [0.1, 0.15) is 88.3 Å². The summed E-state index contributed by atoms with van der Waals surface area (Å²) < 4.78 is 1.87. The van der Waals surface area contributed by atoms with E-state index in [9.17, 15) is 9.59 Å². The number of carbonyl (C=O) groups excluding carboxylic acids is 2. The van der Waals surface area contributed by atoms with Crippen molar-refractivity contribution in [3.63, 3.8) is 0 Å². The van der Waals surface area contributed by atoms with Crippen LogP contribution in [0.4, 0.5) is 0 Å². The Balaban J connectivity index is 1.87. The van der Waals surface area contributed by atoms with Gasteiger partial charge in [0.05, 0.1) is 23.1 Å². The fourth-order valence-electron chi connectivity index (χ4n) is 3.97. The van der Waals surface area contributed by atoms with Gasteiger partial charge in [0.25, 0.3) is 5.91 Å². The van der Waals surface area contributed by atoms with Crippen LogP contribution in [0.15, 0.2) is 12.3 Å². The predicted molar refractivity (Wildman–Crippen MR) is 119 cm³/mol. The third-order valence-corrected chi connectivity index (χ3v) is 5.81. The zero-order chi connectivity index (χ0) is 21.8. The number of amides is 2. The first-order valence-electron chi connectivity index (χ1n) is 11.3. The van der Waals surface area contributed by atoms with E-state index >= 15 is 0 Å². The summed E-state index contributed by atoms with van der Waals surface area (Å²) in [6, 6.07) is 2.07. The van der Waals surface area contributed by atoms with Crippen molar-refractivity contribution in [1.29, 1.82) is 0 Å². The molecule has 30 heavy (non-hydrogen) atoms. The summed E-state index contributed by atoms with van der Waals surface area (Å²) in [6.45, 7) is 12.2. The molecule has 0 radical (unpaired) electrons. The molecule has 1 N–H and O–H groups in total. The summed E-state index contributed by atoms with van der Waals surface area (Å²) in [5.74, 6) is 0.102. The topological polar surface area (TPSA) is 80.1 Å². The van der Waals surface area contributed by atoms with Gasteiger partial charge in [0.1, 0.15) is 0 Å². The Morgan fingerprint density at radius 1 is 1.27 bits per heavy atom. The largest absolute Gasteiger partial charge is 0.356 e. The van der Waals surface area contributed by atoms with Crippen molar-refractivity contribution in [3.05, 3.63) is 23.5 Å². The van der Waals surface area contributed by atoms with Crippen LogP contribution in [0.2, 0.25) is 0 Å². The van der Waals surface area contributed by atoms with Crippen molar-refractivity contribution in [3.8, 4) is 0 Å². The number of nitrogens with one attached hydrogen (secondary N) is 1. The maximum absolute atomic E-state index is 13.5. The van der Waals surface area contributed by atoms with Gasteiger partial charge in [-0.25, -0.2) is 9.67 Å². The van der Waals surface area contributed by atoms with Gasteiger partial charge < -0.3 is 10.2 Å². The molecular weight excluding hydrogens is 378 g/mol. The Kier molecular flexibility index (Phi) is 7.10. The average molecular weight is 414 g/mol. The molecule has 1 aliphatic heterocycles. The first kappa shape index (κ1) is 22.2. The molecule has 7 nitrogen and oxygen atoms in total. The van der Waals surface area contributed by atoms with Gasteiger partial charge in [-0.15, -0.1) is 0 Å². The second kappa shape index (κ2) is 9.58. The molecule has 0 aromatic carbocycles. The molecular formula is C23H35N5O2. The first-order valence-corrected chi connectivity index (χ1v) is 11.3. The smallest absolute Gasteiger partial charge is 0.254 e. The second-order valence-corrected chi connectivity index (χ2v) is 8.90. The van der Waals surface area contributed by atoms with Crippen molar-refractivity contribution in [2.24, 2.45) is 5.92 Å². The number of aromatic nitrogens is 3. The van der Waals surface area contributed by atoms with Gasteiger partial charge in [0.15, 0.2) is 5.65 Å². The minimum atomic E-state index is -0.139. The van der Waals surface area contributed by atoms with E-state index in [2.05, 4.69) is 45.0 Å². The van der Waals surface area contributed by atoms with E-state index in [4.69, 9.17) is 4.98 Å². The van der Waals surface area contributed by atoms with Gasteiger partial charge in [-0.2, -0.15) is 5.10 Å². The molecule has 7 heteroatoms. The Morgan fingerprint density at radius 3 is 2.70 bits per heavy atom. The van der Waals surface area contributed by atoms with Crippen LogP contribution < -0.4 is 5.32 Å². The summed E-state index contributed by atoms with van der Waals surface area (Å²) in [7, 11) is 0. The van der Waals surface area contributed by atoms with E-state index in [0.29, 0.717) is 25.2 Å². The van der Waals surface area contributed by atoms with E-state index in [1.807, 2.05) is 15.6 Å². The summed E-state index contributed by atoms with van der Waals surface area (Å²) in [6.07, 6.45) is 5.45. The van der Waals surface area contributed by atoms with Gasteiger partial charge in [0, 0.05) is 31.4 Å². The lowest BCUT2D eigenvalue weighted by Crippen LogP contribution is -2.45. The van der Waals surface area contributed by atoms with E-state index in [0.717, 1.165) is 42.4 Å². The van der Waals surface area contributed by atoms with Crippen molar-refractivity contribution in [1.82, 2.24) is 25.0 Å². The van der Waals surface area contributed by atoms with E-state index in [-0.39, 0.29) is 29.7 Å². The van der Waals surface area contributed by atoms with Gasteiger partial charge in [-0.05, 0) is 45.1 Å². The fourth-order valence-corrected chi connectivity index (χ4v) is 3.97. The molecule has 2 amide bonds. The molecule has 3 heterocycles. The fraction of sp³-hybridized carbons (Fsp3) is 0.652. The minimum absolute atomic E-state index is 0.0290. The van der Waals surface area contributed by atoms with Crippen LogP contribution in [0.25, 0.3) is 11.0 Å². The molecule has 1 atom stereocenters. The average Bonchev–Trinajstić information content (AvgIpc) is 3.17. The van der Waals surface area contributed by atoms with Gasteiger partial charge in [0.2, 0.25) is 5.91 Å². The molecule has 0 aliphatic carbocycles. The highest BCUT2D eigenvalue weighted by molar-refractivity contribution is 6.05. The van der Waals surface area contributed by atoms with Crippen LogP contribution in [-0.2, 0) is 4.79 Å². The number of piperidine rings is 1. The maximum Gasteiger partial charge on any atom is 0.254 e. The number of pyridine rings is 1. The van der Waals surface area contributed by atoms with Crippen LogP contribution in [0, 0.1) is 5.92 Å². The van der Waals surface area contributed by atoms with Gasteiger partial charge >= 0.3 is 0 Å². The quantitative estimate of drug-likeness (QED) is 0.698. The number of nitrogens with zero attached hydrogens (tertiary/aromatic N) is 4. The predicted octanol–water partition coefficient (Wildman–Crippen LogP) is 3.90. The molecule has 0 saturated carbocycles. The van der Waals surface area contributed by atoms with Gasteiger partial charge in [-0.3, -0.25) is 9.59 Å². The van der Waals surface area contributed by atoms with Crippen molar-refractivity contribution in [2.75, 3.05) is 19.6 Å². The number of hydrogen-bond donors (Lipinski definition) is 1. The van der Waals surface area contributed by atoms with Crippen molar-refractivity contribution < 1.29 is 9.59 Å². The molecule has 1 aliphatic rings. The zero-order valence-electron chi connectivity index (χ0n) is 18.9. The molecule has 1 saturated heterocycles.